The molecule has 104 valence electrons. The lowest BCUT2D eigenvalue weighted by Crippen LogP contribution is -2.43. The lowest BCUT2D eigenvalue weighted by atomic mass is 10.2. The third-order valence-electron chi connectivity index (χ3n) is 2.45. The van der Waals surface area contributed by atoms with E-state index in [1.165, 1.54) is 35.7 Å². The Bertz CT molecular complexity index is 596. The molecule has 0 aliphatic heterocycles. The number of hydrogen-bond acceptors (Lipinski definition) is 6. The van der Waals surface area contributed by atoms with E-state index in [0.717, 1.165) is 0 Å². The van der Waals surface area contributed by atoms with E-state index < -0.39 is 24.5 Å². The first-order chi connectivity index (χ1) is 9.61. The Labute approximate surface area is 112 Å². The number of pyridine rings is 1. The summed E-state index contributed by atoms with van der Waals surface area (Å²) < 4.78 is 1.41. The molecule has 0 aliphatic carbocycles. The number of aliphatic hydroxyl groups excluding tert-OH is 1. The first-order valence-corrected chi connectivity index (χ1v) is 5.57. The highest BCUT2D eigenvalue weighted by Crippen LogP contribution is 2.04. The number of nitrogens with one attached hydrogen (secondary N) is 1. The molecule has 2 rings (SSSR count). The molecule has 9 nitrogen and oxygen atoms in total. The predicted octanol–water partition coefficient (Wildman–Crippen LogP) is -1.16. The maximum absolute atomic E-state index is 11.8. The van der Waals surface area contributed by atoms with Crippen LogP contribution in [-0.4, -0.2) is 54.5 Å². The van der Waals surface area contributed by atoms with Gasteiger partial charge in [0.25, 0.3) is 5.91 Å². The SMILES string of the molecule is O=C(N[C@@H](CO)C(=O)O)c1ccc(-n2cncn2)nc1. The van der Waals surface area contributed by atoms with Crippen molar-refractivity contribution in [2.75, 3.05) is 6.61 Å². The van der Waals surface area contributed by atoms with Gasteiger partial charge in [0, 0.05) is 6.20 Å². The minimum absolute atomic E-state index is 0.175. The average Bonchev–Trinajstić information content (AvgIpc) is 2.98. The van der Waals surface area contributed by atoms with Crippen LogP contribution in [0.1, 0.15) is 10.4 Å². The van der Waals surface area contributed by atoms with E-state index in [1.807, 2.05) is 0 Å². The fourth-order valence-electron chi connectivity index (χ4n) is 1.41. The summed E-state index contributed by atoms with van der Waals surface area (Å²) in [7, 11) is 0. The van der Waals surface area contributed by atoms with Crippen molar-refractivity contribution < 1.29 is 19.8 Å². The van der Waals surface area contributed by atoms with Crippen LogP contribution in [0.2, 0.25) is 0 Å². The number of aliphatic hydroxyl groups is 1. The highest BCUT2D eigenvalue weighted by atomic mass is 16.4. The molecule has 2 heterocycles. The lowest BCUT2D eigenvalue weighted by molar-refractivity contribution is -0.140. The number of carboxylic acids is 1. The second-order valence-electron chi connectivity index (χ2n) is 3.79. The number of carboxylic acid groups (broad SMARTS) is 1. The molecule has 20 heavy (non-hydrogen) atoms. The summed E-state index contributed by atoms with van der Waals surface area (Å²) >= 11 is 0. The molecule has 9 heteroatoms. The van der Waals surface area contributed by atoms with Crippen molar-refractivity contribution in [2.24, 2.45) is 0 Å². The van der Waals surface area contributed by atoms with Crippen molar-refractivity contribution >= 4 is 11.9 Å². The predicted molar refractivity (Wildman–Crippen MR) is 65.1 cm³/mol. The van der Waals surface area contributed by atoms with Crippen molar-refractivity contribution in [1.29, 1.82) is 0 Å². The number of nitrogens with zero attached hydrogens (tertiary/aromatic N) is 4. The van der Waals surface area contributed by atoms with Crippen LogP contribution in [0.25, 0.3) is 5.82 Å². The maximum atomic E-state index is 11.8. The number of carbonyl (C=O) groups is 2. The van der Waals surface area contributed by atoms with Gasteiger partial charge in [-0.2, -0.15) is 5.10 Å². The Hall–Kier alpha value is -2.81. The van der Waals surface area contributed by atoms with Crippen LogP contribution in [-0.2, 0) is 4.79 Å². The van der Waals surface area contributed by atoms with E-state index in [1.54, 1.807) is 0 Å². The number of amides is 1. The smallest absolute Gasteiger partial charge is 0.328 e. The van der Waals surface area contributed by atoms with Crippen LogP contribution in [0.3, 0.4) is 0 Å². The average molecular weight is 277 g/mol. The number of hydrogen-bond donors (Lipinski definition) is 3. The first kappa shape index (κ1) is 13.6. The summed E-state index contributed by atoms with van der Waals surface area (Å²) in [5.74, 6) is -1.48. The number of aromatic nitrogens is 4. The molecule has 0 unspecified atom stereocenters. The molecule has 0 aromatic carbocycles. The van der Waals surface area contributed by atoms with Crippen LogP contribution < -0.4 is 5.32 Å². The summed E-state index contributed by atoms with van der Waals surface area (Å²) in [6.45, 7) is -0.689. The molecule has 1 atom stereocenters. The van der Waals surface area contributed by atoms with Crippen LogP contribution in [0, 0.1) is 0 Å². The molecule has 1 amide bonds. The largest absolute Gasteiger partial charge is 0.480 e. The normalized spacial score (nSPS) is 11.8. The highest BCUT2D eigenvalue weighted by molar-refractivity contribution is 5.96. The molecule has 0 spiro atoms. The van der Waals surface area contributed by atoms with Gasteiger partial charge in [0.15, 0.2) is 11.9 Å². The fraction of sp³-hybridized carbons (Fsp3) is 0.182. The first-order valence-electron chi connectivity index (χ1n) is 5.57. The van der Waals surface area contributed by atoms with Gasteiger partial charge >= 0.3 is 5.97 Å². The summed E-state index contributed by atoms with van der Waals surface area (Å²) in [4.78, 5) is 30.2. The molecule has 0 saturated heterocycles. The minimum Gasteiger partial charge on any atom is -0.480 e. The van der Waals surface area contributed by atoms with E-state index in [-0.39, 0.29) is 5.56 Å². The van der Waals surface area contributed by atoms with Crippen LogP contribution in [0.5, 0.6) is 0 Å². The molecular formula is C11H11N5O4. The third-order valence-corrected chi connectivity index (χ3v) is 2.45. The van der Waals surface area contributed by atoms with E-state index in [2.05, 4.69) is 20.4 Å². The molecule has 2 aromatic heterocycles. The summed E-state index contributed by atoms with van der Waals surface area (Å²) in [5.41, 5.74) is 0.175. The topological polar surface area (TPSA) is 130 Å². The van der Waals surface area contributed by atoms with E-state index >= 15 is 0 Å². The van der Waals surface area contributed by atoms with E-state index in [4.69, 9.17) is 10.2 Å². The quantitative estimate of drug-likeness (QED) is 0.628. The molecule has 0 saturated carbocycles. The second-order valence-corrected chi connectivity index (χ2v) is 3.79. The standard InChI is InChI=1S/C11H11N5O4/c17-4-8(11(19)20)15-10(18)7-1-2-9(13-3-7)16-6-12-5-14-16/h1-3,5-6,8,17H,4H2,(H,15,18)(H,19,20)/t8-/m0/s1. The van der Waals surface area contributed by atoms with E-state index in [0.29, 0.717) is 5.82 Å². The molecule has 2 aromatic rings. The molecular weight excluding hydrogens is 266 g/mol. The molecule has 0 aliphatic rings. The van der Waals surface area contributed by atoms with Gasteiger partial charge in [0.05, 0.1) is 12.2 Å². The van der Waals surface area contributed by atoms with Crippen LogP contribution in [0.4, 0.5) is 0 Å². The Morgan fingerprint density at radius 1 is 1.40 bits per heavy atom. The van der Waals surface area contributed by atoms with Crippen molar-refractivity contribution in [2.45, 2.75) is 6.04 Å². The van der Waals surface area contributed by atoms with Gasteiger partial charge < -0.3 is 15.5 Å². The lowest BCUT2D eigenvalue weighted by Gasteiger charge is -2.11. The Balaban J connectivity index is 2.10. The zero-order valence-electron chi connectivity index (χ0n) is 10.2. The summed E-state index contributed by atoms with van der Waals surface area (Å²) in [5, 5.41) is 23.6. The Morgan fingerprint density at radius 2 is 2.20 bits per heavy atom. The minimum atomic E-state index is -1.35. The summed E-state index contributed by atoms with van der Waals surface area (Å²) in [6, 6.07) is 1.66. The van der Waals surface area contributed by atoms with Gasteiger partial charge in [-0.05, 0) is 12.1 Å². The van der Waals surface area contributed by atoms with Gasteiger partial charge in [-0.1, -0.05) is 0 Å². The Kier molecular flexibility index (Phi) is 4.01. The van der Waals surface area contributed by atoms with Gasteiger partial charge in [0.1, 0.15) is 12.7 Å². The highest BCUT2D eigenvalue weighted by Gasteiger charge is 2.19. The number of aliphatic carboxylic acids is 1. The maximum Gasteiger partial charge on any atom is 0.328 e. The fourth-order valence-corrected chi connectivity index (χ4v) is 1.41. The summed E-state index contributed by atoms with van der Waals surface area (Å²) in [6.07, 6.45) is 4.08. The van der Waals surface area contributed by atoms with Crippen molar-refractivity contribution in [3.8, 4) is 5.82 Å². The van der Waals surface area contributed by atoms with E-state index in [9.17, 15) is 9.59 Å². The monoisotopic (exact) mass is 277 g/mol. The van der Waals surface area contributed by atoms with Crippen molar-refractivity contribution in [3.05, 3.63) is 36.5 Å². The number of rotatable bonds is 5. The van der Waals surface area contributed by atoms with Crippen LogP contribution in [0.15, 0.2) is 31.0 Å². The third kappa shape index (κ3) is 2.95. The zero-order valence-corrected chi connectivity index (χ0v) is 10.2. The second kappa shape index (κ2) is 5.89. The van der Waals surface area contributed by atoms with Crippen molar-refractivity contribution in [1.82, 2.24) is 25.1 Å². The molecule has 3 N–H and O–H groups in total. The molecule has 0 radical (unpaired) electrons. The van der Waals surface area contributed by atoms with Gasteiger partial charge in [-0.25, -0.2) is 19.4 Å². The van der Waals surface area contributed by atoms with Crippen LogP contribution >= 0.6 is 0 Å². The number of carbonyl (C=O) groups excluding carboxylic acids is 1. The zero-order chi connectivity index (χ0) is 14.5. The molecule has 0 fully saturated rings. The van der Waals surface area contributed by atoms with Gasteiger partial charge in [-0.15, -0.1) is 0 Å². The van der Waals surface area contributed by atoms with Gasteiger partial charge in [0.2, 0.25) is 0 Å². The Morgan fingerprint density at radius 3 is 2.70 bits per heavy atom. The molecule has 0 bridgehead atoms. The van der Waals surface area contributed by atoms with Crippen molar-refractivity contribution in [3.63, 3.8) is 0 Å². The van der Waals surface area contributed by atoms with Gasteiger partial charge in [-0.3, -0.25) is 4.79 Å².